The minimum absolute atomic E-state index is 0.732. The molecule has 90 valence electrons. The van der Waals surface area contributed by atoms with Gasteiger partial charge in [-0.3, -0.25) is 4.68 Å². The summed E-state index contributed by atoms with van der Waals surface area (Å²) in [6, 6.07) is 8.34. The maximum absolute atomic E-state index is 6.05. The molecule has 0 saturated carbocycles. The van der Waals surface area contributed by atoms with E-state index in [9.17, 15) is 0 Å². The summed E-state index contributed by atoms with van der Waals surface area (Å²) >= 11 is 0. The SMILES string of the molecule is Cc1ccc(N(C)c2c(N)c(C)nn2C)cc1. The molecule has 0 atom stereocenters. The Bertz CT molecular complexity index is 525. The first-order valence-corrected chi connectivity index (χ1v) is 5.60. The van der Waals surface area contributed by atoms with Crippen molar-refractivity contribution in [2.75, 3.05) is 17.7 Å². The standard InChI is InChI=1S/C13H18N4/c1-9-5-7-11(8-6-9)16(3)13-12(14)10(2)15-17(13)4/h5-8H,14H2,1-4H3. The number of nitrogens with zero attached hydrogens (tertiary/aromatic N) is 3. The Labute approximate surface area is 102 Å². The number of hydrogen-bond donors (Lipinski definition) is 1. The van der Waals surface area contributed by atoms with E-state index in [1.54, 1.807) is 0 Å². The van der Waals surface area contributed by atoms with E-state index in [1.165, 1.54) is 5.56 Å². The second kappa shape index (κ2) is 4.13. The quantitative estimate of drug-likeness (QED) is 0.861. The van der Waals surface area contributed by atoms with Crippen molar-refractivity contribution < 1.29 is 0 Å². The van der Waals surface area contributed by atoms with Crippen molar-refractivity contribution in [2.45, 2.75) is 13.8 Å². The van der Waals surface area contributed by atoms with Gasteiger partial charge in [-0.1, -0.05) is 17.7 Å². The number of anilines is 3. The lowest BCUT2D eigenvalue weighted by Gasteiger charge is -2.20. The number of benzene rings is 1. The highest BCUT2D eigenvalue weighted by Gasteiger charge is 2.15. The minimum Gasteiger partial charge on any atom is -0.394 e. The summed E-state index contributed by atoms with van der Waals surface area (Å²) in [4.78, 5) is 2.05. The van der Waals surface area contributed by atoms with E-state index in [1.807, 2.05) is 25.7 Å². The highest BCUT2D eigenvalue weighted by molar-refractivity contribution is 5.72. The molecule has 1 heterocycles. The topological polar surface area (TPSA) is 47.1 Å². The minimum atomic E-state index is 0.732. The maximum Gasteiger partial charge on any atom is 0.154 e. The van der Waals surface area contributed by atoms with Gasteiger partial charge in [-0.05, 0) is 26.0 Å². The highest BCUT2D eigenvalue weighted by Crippen LogP contribution is 2.30. The van der Waals surface area contributed by atoms with Crippen LogP contribution in [0.5, 0.6) is 0 Å². The van der Waals surface area contributed by atoms with Crippen LogP contribution in [0.25, 0.3) is 0 Å². The van der Waals surface area contributed by atoms with Crippen LogP contribution in [0.2, 0.25) is 0 Å². The van der Waals surface area contributed by atoms with E-state index in [0.717, 1.165) is 22.9 Å². The van der Waals surface area contributed by atoms with Crippen LogP contribution >= 0.6 is 0 Å². The summed E-state index contributed by atoms with van der Waals surface area (Å²) < 4.78 is 1.81. The van der Waals surface area contributed by atoms with Gasteiger partial charge in [0.1, 0.15) is 0 Å². The fourth-order valence-electron chi connectivity index (χ4n) is 1.95. The molecule has 4 nitrogen and oxygen atoms in total. The Hall–Kier alpha value is -1.97. The Morgan fingerprint density at radius 3 is 2.24 bits per heavy atom. The molecule has 0 spiro atoms. The Morgan fingerprint density at radius 1 is 1.18 bits per heavy atom. The molecule has 0 unspecified atom stereocenters. The van der Waals surface area contributed by atoms with Gasteiger partial charge in [0, 0.05) is 19.8 Å². The van der Waals surface area contributed by atoms with Gasteiger partial charge in [0.25, 0.3) is 0 Å². The van der Waals surface area contributed by atoms with Crippen LogP contribution in [-0.2, 0) is 7.05 Å². The smallest absolute Gasteiger partial charge is 0.154 e. The molecule has 4 heteroatoms. The fraction of sp³-hybridized carbons (Fsp3) is 0.308. The molecule has 0 aliphatic rings. The van der Waals surface area contributed by atoms with Gasteiger partial charge in [-0.2, -0.15) is 5.10 Å². The van der Waals surface area contributed by atoms with Crippen molar-refractivity contribution in [3.05, 3.63) is 35.5 Å². The zero-order chi connectivity index (χ0) is 12.6. The van der Waals surface area contributed by atoms with Crippen LogP contribution in [0, 0.1) is 13.8 Å². The van der Waals surface area contributed by atoms with Crippen LogP contribution < -0.4 is 10.6 Å². The van der Waals surface area contributed by atoms with E-state index < -0.39 is 0 Å². The van der Waals surface area contributed by atoms with E-state index in [4.69, 9.17) is 5.73 Å². The monoisotopic (exact) mass is 230 g/mol. The van der Waals surface area contributed by atoms with Gasteiger partial charge < -0.3 is 10.6 Å². The summed E-state index contributed by atoms with van der Waals surface area (Å²) in [6.07, 6.45) is 0. The number of nitrogen functional groups attached to an aromatic ring is 1. The zero-order valence-electron chi connectivity index (χ0n) is 10.7. The third kappa shape index (κ3) is 1.98. The van der Waals surface area contributed by atoms with Crippen molar-refractivity contribution in [3.63, 3.8) is 0 Å². The van der Waals surface area contributed by atoms with Crippen LogP contribution in [0.4, 0.5) is 17.2 Å². The first-order chi connectivity index (χ1) is 8.00. The molecule has 0 bridgehead atoms. The van der Waals surface area contributed by atoms with Gasteiger partial charge in [-0.15, -0.1) is 0 Å². The summed E-state index contributed by atoms with van der Waals surface area (Å²) in [6.45, 7) is 3.99. The fourth-order valence-corrected chi connectivity index (χ4v) is 1.95. The first-order valence-electron chi connectivity index (χ1n) is 5.60. The van der Waals surface area contributed by atoms with E-state index in [-0.39, 0.29) is 0 Å². The van der Waals surface area contributed by atoms with Crippen molar-refractivity contribution in [3.8, 4) is 0 Å². The predicted molar refractivity (Wildman–Crippen MR) is 71.6 cm³/mol. The Balaban J connectivity index is 2.43. The Kier molecular flexibility index (Phi) is 2.79. The van der Waals surface area contributed by atoms with Gasteiger partial charge in [0.15, 0.2) is 5.82 Å². The normalized spacial score (nSPS) is 10.6. The predicted octanol–water partition coefficient (Wildman–Crippen LogP) is 2.39. The zero-order valence-corrected chi connectivity index (χ0v) is 10.7. The molecule has 1 aromatic carbocycles. The number of aryl methyl sites for hydroxylation is 3. The lowest BCUT2D eigenvalue weighted by atomic mass is 10.2. The third-order valence-corrected chi connectivity index (χ3v) is 2.98. The molecule has 0 amide bonds. The molecule has 2 aromatic rings. The molecule has 2 N–H and O–H groups in total. The third-order valence-electron chi connectivity index (χ3n) is 2.98. The first kappa shape index (κ1) is 11.5. The van der Waals surface area contributed by atoms with Crippen LogP contribution in [0.1, 0.15) is 11.3 Å². The van der Waals surface area contributed by atoms with Crippen molar-refractivity contribution >= 4 is 17.2 Å². The van der Waals surface area contributed by atoms with E-state index >= 15 is 0 Å². The number of nitrogens with two attached hydrogens (primary N) is 1. The molecule has 0 saturated heterocycles. The second-order valence-electron chi connectivity index (χ2n) is 4.34. The maximum atomic E-state index is 6.05. The number of aromatic nitrogens is 2. The van der Waals surface area contributed by atoms with Crippen molar-refractivity contribution in [2.24, 2.45) is 7.05 Å². The van der Waals surface area contributed by atoms with Gasteiger partial charge in [-0.25, -0.2) is 0 Å². The largest absolute Gasteiger partial charge is 0.394 e. The average molecular weight is 230 g/mol. The van der Waals surface area contributed by atoms with Crippen molar-refractivity contribution in [1.29, 1.82) is 0 Å². The molecular formula is C13H18N4. The molecule has 1 aromatic heterocycles. The molecule has 0 aliphatic heterocycles. The average Bonchev–Trinajstić information content (AvgIpc) is 2.53. The highest BCUT2D eigenvalue weighted by atomic mass is 15.4. The van der Waals surface area contributed by atoms with Gasteiger partial charge >= 0.3 is 0 Å². The molecular weight excluding hydrogens is 212 g/mol. The van der Waals surface area contributed by atoms with Gasteiger partial charge in [0.05, 0.1) is 11.4 Å². The van der Waals surface area contributed by atoms with Crippen LogP contribution in [-0.4, -0.2) is 16.8 Å². The van der Waals surface area contributed by atoms with Crippen LogP contribution in [0.15, 0.2) is 24.3 Å². The lowest BCUT2D eigenvalue weighted by Crippen LogP contribution is -2.15. The summed E-state index contributed by atoms with van der Waals surface area (Å²) in [5, 5.41) is 4.32. The Morgan fingerprint density at radius 2 is 1.76 bits per heavy atom. The summed E-state index contributed by atoms with van der Waals surface area (Å²) in [7, 11) is 3.90. The molecule has 17 heavy (non-hydrogen) atoms. The molecule has 0 aliphatic carbocycles. The molecule has 2 rings (SSSR count). The van der Waals surface area contributed by atoms with Crippen LogP contribution in [0.3, 0.4) is 0 Å². The summed E-state index contributed by atoms with van der Waals surface area (Å²) in [5.74, 6) is 0.923. The number of rotatable bonds is 2. The second-order valence-corrected chi connectivity index (χ2v) is 4.34. The van der Waals surface area contributed by atoms with E-state index in [0.29, 0.717) is 0 Å². The van der Waals surface area contributed by atoms with Gasteiger partial charge in [0.2, 0.25) is 0 Å². The summed E-state index contributed by atoms with van der Waals surface area (Å²) in [5.41, 5.74) is 9.99. The molecule has 0 fully saturated rings. The van der Waals surface area contributed by atoms with E-state index in [2.05, 4.69) is 41.2 Å². The number of hydrogen-bond acceptors (Lipinski definition) is 3. The molecule has 0 radical (unpaired) electrons. The lowest BCUT2D eigenvalue weighted by molar-refractivity contribution is 0.751. The van der Waals surface area contributed by atoms with Crippen molar-refractivity contribution in [1.82, 2.24) is 9.78 Å².